The van der Waals surface area contributed by atoms with E-state index in [1.165, 1.54) is 115 Å². The molecular weight excluding hydrogens is 412 g/mol. The topological polar surface area (TPSA) is 19.7 Å². The minimum Gasteiger partial charge on any atom is -0.250 e. The van der Waals surface area contributed by atoms with Crippen molar-refractivity contribution in [2.75, 3.05) is 0 Å². The van der Waals surface area contributed by atoms with E-state index in [4.69, 9.17) is 0 Å². The van der Waals surface area contributed by atoms with Gasteiger partial charge in [-0.3, -0.25) is 4.98 Å². The molecule has 0 saturated carbocycles. The zero-order chi connectivity index (χ0) is 24.3. The smallest absolute Gasteiger partial charge is 0.241 e. The number of imidazole rings is 1. The number of nitrogens with one attached hydrogen (secondary N) is 1. The van der Waals surface area contributed by atoms with Gasteiger partial charge in [-0.05, 0) is 24.3 Å². The van der Waals surface area contributed by atoms with Crippen LogP contribution in [0.2, 0.25) is 0 Å². The van der Waals surface area contributed by atoms with Crippen LogP contribution < -0.4 is 4.57 Å². The van der Waals surface area contributed by atoms with E-state index in [1.807, 2.05) is 0 Å². The van der Waals surface area contributed by atoms with Crippen LogP contribution in [0.1, 0.15) is 135 Å². The summed E-state index contributed by atoms with van der Waals surface area (Å²) in [5.41, 5.74) is 1.48. The van der Waals surface area contributed by atoms with Crippen LogP contribution in [-0.2, 0) is 6.42 Å². The summed E-state index contributed by atoms with van der Waals surface area (Å²) in [4.78, 5) is 3.27. The Hall–Kier alpha value is -1.57. The molecule has 1 aromatic carbocycles. The Morgan fingerprint density at radius 2 is 1.24 bits per heavy atom. The van der Waals surface area contributed by atoms with Crippen molar-refractivity contribution in [3.63, 3.8) is 0 Å². The van der Waals surface area contributed by atoms with Gasteiger partial charge in [0.05, 0.1) is 0 Å². The number of benzene rings is 1. The number of aromatic amines is 1. The first kappa shape index (κ1) is 28.7. The van der Waals surface area contributed by atoms with Gasteiger partial charge in [0.2, 0.25) is 6.33 Å². The van der Waals surface area contributed by atoms with Crippen molar-refractivity contribution in [1.82, 2.24) is 4.98 Å². The number of H-pyrrole nitrogens is 1. The second kappa shape index (κ2) is 18.7. The highest BCUT2D eigenvalue weighted by Gasteiger charge is 2.29. The molecule has 0 radical (unpaired) electrons. The molecule has 0 aliphatic heterocycles. The lowest BCUT2D eigenvalue weighted by Gasteiger charge is -2.28. The molecule has 1 heterocycles. The van der Waals surface area contributed by atoms with Crippen LogP contribution in [0.5, 0.6) is 0 Å². The SMILES string of the molecule is CCCCCCCCCCCCCCCCCC(Cc1ccccc1)C(C(C)C)[n+]1cc[nH]c1. The molecule has 2 aromatic rings. The van der Waals surface area contributed by atoms with Crippen molar-refractivity contribution in [2.45, 2.75) is 136 Å². The van der Waals surface area contributed by atoms with Gasteiger partial charge < -0.3 is 0 Å². The van der Waals surface area contributed by atoms with Gasteiger partial charge in [0, 0.05) is 5.92 Å². The van der Waals surface area contributed by atoms with Gasteiger partial charge in [-0.15, -0.1) is 0 Å². The molecule has 0 bridgehead atoms. The Labute approximate surface area is 212 Å². The first-order valence-corrected chi connectivity index (χ1v) is 14.8. The number of hydrogen-bond acceptors (Lipinski definition) is 0. The maximum atomic E-state index is 3.27. The van der Waals surface area contributed by atoms with Gasteiger partial charge in [-0.25, -0.2) is 4.57 Å². The molecule has 1 N–H and O–H groups in total. The molecule has 34 heavy (non-hydrogen) atoms. The van der Waals surface area contributed by atoms with Gasteiger partial charge in [0.15, 0.2) is 0 Å². The quantitative estimate of drug-likeness (QED) is 0.139. The summed E-state index contributed by atoms with van der Waals surface area (Å²) < 4.78 is 2.42. The van der Waals surface area contributed by atoms with Gasteiger partial charge in [0.1, 0.15) is 18.4 Å². The largest absolute Gasteiger partial charge is 0.250 e. The van der Waals surface area contributed by atoms with Crippen LogP contribution in [0.25, 0.3) is 0 Å². The zero-order valence-corrected chi connectivity index (χ0v) is 22.8. The van der Waals surface area contributed by atoms with E-state index >= 15 is 0 Å². The second-order valence-electron chi connectivity index (χ2n) is 11.0. The van der Waals surface area contributed by atoms with E-state index < -0.39 is 0 Å². The van der Waals surface area contributed by atoms with Gasteiger partial charge in [-0.2, -0.15) is 0 Å². The maximum absolute atomic E-state index is 3.27. The van der Waals surface area contributed by atoms with E-state index in [-0.39, 0.29) is 0 Å². The molecule has 2 unspecified atom stereocenters. The molecule has 192 valence electrons. The third-order valence-corrected chi connectivity index (χ3v) is 7.60. The Morgan fingerprint density at radius 3 is 1.71 bits per heavy atom. The van der Waals surface area contributed by atoms with Crippen molar-refractivity contribution >= 4 is 0 Å². The van der Waals surface area contributed by atoms with E-state index in [9.17, 15) is 0 Å². The molecule has 0 aliphatic carbocycles. The lowest BCUT2D eigenvalue weighted by atomic mass is 9.82. The highest BCUT2D eigenvalue weighted by molar-refractivity contribution is 5.15. The first-order chi connectivity index (χ1) is 16.7. The number of rotatable bonds is 21. The summed E-state index contributed by atoms with van der Waals surface area (Å²) in [5, 5.41) is 0. The Kier molecular flexibility index (Phi) is 15.8. The molecule has 2 atom stereocenters. The molecule has 0 fully saturated rings. The third kappa shape index (κ3) is 12.2. The van der Waals surface area contributed by atoms with Crippen LogP contribution in [0.3, 0.4) is 0 Å². The first-order valence-electron chi connectivity index (χ1n) is 14.8. The lowest BCUT2D eigenvalue weighted by Crippen LogP contribution is -2.45. The Balaban J connectivity index is 1.61. The number of nitrogens with zero attached hydrogens (tertiary/aromatic N) is 1. The average molecular weight is 468 g/mol. The molecule has 1 aromatic heterocycles. The van der Waals surface area contributed by atoms with Crippen LogP contribution >= 0.6 is 0 Å². The standard InChI is InChI=1S/C32H54N2/c1-4-5-6-7-8-9-10-11-12-13-14-15-16-17-21-24-31(27-30-22-19-18-20-23-30)32(29(2)3)34-26-25-33-28-34/h18-20,22-23,25-26,28-29,31-32H,4-17,21,24,27H2,1-3H3/p+1. The van der Waals surface area contributed by atoms with E-state index in [1.54, 1.807) is 0 Å². The van der Waals surface area contributed by atoms with Crippen molar-refractivity contribution in [3.8, 4) is 0 Å². The fraction of sp³-hybridized carbons (Fsp3) is 0.719. The Bertz CT molecular complexity index is 676. The summed E-state index contributed by atoms with van der Waals surface area (Å²) in [5.74, 6) is 1.32. The number of aromatic nitrogens is 2. The minimum absolute atomic E-state index is 0.554. The molecule has 2 heteroatoms. The molecular formula is C32H55N2+. The Morgan fingerprint density at radius 1 is 0.706 bits per heavy atom. The lowest BCUT2D eigenvalue weighted by molar-refractivity contribution is -0.735. The van der Waals surface area contributed by atoms with Crippen LogP contribution in [-0.4, -0.2) is 4.98 Å². The van der Waals surface area contributed by atoms with Crippen LogP contribution in [0.4, 0.5) is 0 Å². The van der Waals surface area contributed by atoms with Crippen molar-refractivity contribution in [2.24, 2.45) is 11.8 Å². The van der Waals surface area contributed by atoms with Crippen molar-refractivity contribution in [3.05, 3.63) is 54.6 Å². The minimum atomic E-state index is 0.554. The van der Waals surface area contributed by atoms with Gasteiger partial charge in [0.25, 0.3) is 0 Å². The second-order valence-corrected chi connectivity index (χ2v) is 11.0. The fourth-order valence-electron chi connectivity index (χ4n) is 5.71. The number of unbranched alkanes of at least 4 members (excludes halogenated alkanes) is 14. The molecule has 2 rings (SSSR count). The summed E-state index contributed by atoms with van der Waals surface area (Å²) >= 11 is 0. The van der Waals surface area contributed by atoms with E-state index in [0.717, 1.165) is 0 Å². The third-order valence-electron chi connectivity index (χ3n) is 7.60. The molecule has 0 aliphatic rings. The van der Waals surface area contributed by atoms with Crippen molar-refractivity contribution in [1.29, 1.82) is 0 Å². The monoisotopic (exact) mass is 467 g/mol. The summed E-state index contributed by atoms with van der Waals surface area (Å²) in [6.07, 6.45) is 30.4. The highest BCUT2D eigenvalue weighted by atomic mass is 15.1. The highest BCUT2D eigenvalue weighted by Crippen LogP contribution is 2.30. The fourth-order valence-corrected chi connectivity index (χ4v) is 5.71. The summed E-state index contributed by atoms with van der Waals surface area (Å²) in [7, 11) is 0. The average Bonchev–Trinajstić information content (AvgIpc) is 3.36. The molecule has 2 nitrogen and oxygen atoms in total. The van der Waals surface area contributed by atoms with Gasteiger partial charge >= 0.3 is 0 Å². The predicted octanol–water partition coefficient (Wildman–Crippen LogP) is 9.62. The predicted molar refractivity (Wildman–Crippen MR) is 148 cm³/mol. The van der Waals surface area contributed by atoms with Crippen LogP contribution in [0.15, 0.2) is 49.1 Å². The van der Waals surface area contributed by atoms with E-state index in [0.29, 0.717) is 17.9 Å². The van der Waals surface area contributed by atoms with E-state index in [2.05, 4.69) is 79.4 Å². The molecule has 0 saturated heterocycles. The summed E-state index contributed by atoms with van der Waals surface area (Å²) in [6.45, 7) is 7.07. The number of hydrogen-bond donors (Lipinski definition) is 1. The molecule has 0 spiro atoms. The summed E-state index contributed by atoms with van der Waals surface area (Å²) in [6, 6.07) is 11.7. The van der Waals surface area contributed by atoms with Crippen molar-refractivity contribution < 1.29 is 4.57 Å². The maximum Gasteiger partial charge on any atom is 0.241 e. The zero-order valence-electron chi connectivity index (χ0n) is 22.8. The molecule has 0 amide bonds. The normalized spacial score (nSPS) is 13.4. The van der Waals surface area contributed by atoms with Gasteiger partial charge in [-0.1, -0.05) is 147 Å². The van der Waals surface area contributed by atoms with Crippen LogP contribution in [0, 0.1) is 11.8 Å².